The van der Waals surface area contributed by atoms with E-state index in [2.05, 4.69) is 15.3 Å². The molecule has 0 spiro atoms. The van der Waals surface area contributed by atoms with Crippen LogP contribution in [0.25, 0.3) is 0 Å². The number of carbonyl (C=O) groups is 1. The Labute approximate surface area is 152 Å². The lowest BCUT2D eigenvalue weighted by Crippen LogP contribution is -2.44. The van der Waals surface area contributed by atoms with E-state index in [9.17, 15) is 4.79 Å². The summed E-state index contributed by atoms with van der Waals surface area (Å²) < 4.78 is 7.06. The van der Waals surface area contributed by atoms with Gasteiger partial charge in [-0.25, -0.2) is 0 Å². The fraction of sp³-hybridized carbons (Fsp3) is 0.444. The molecule has 1 aliphatic rings. The summed E-state index contributed by atoms with van der Waals surface area (Å²) in [4.78, 5) is 14.9. The second kappa shape index (κ2) is 7.99. The first kappa shape index (κ1) is 17.9. The Hall–Kier alpha value is -1.89. The van der Waals surface area contributed by atoms with Crippen molar-refractivity contribution < 1.29 is 9.53 Å². The molecule has 0 radical (unpaired) electrons. The summed E-state index contributed by atoms with van der Waals surface area (Å²) in [5, 5.41) is 7.99. The van der Waals surface area contributed by atoms with Crippen LogP contribution < -0.4 is 5.32 Å². The first-order valence-electron chi connectivity index (χ1n) is 8.40. The molecule has 6 nitrogen and oxygen atoms in total. The van der Waals surface area contributed by atoms with Gasteiger partial charge in [0.25, 0.3) is 5.91 Å². The van der Waals surface area contributed by atoms with E-state index in [1.54, 1.807) is 17.8 Å². The minimum atomic E-state index is -0.115. The zero-order chi connectivity index (χ0) is 17.8. The molecule has 3 rings (SSSR count). The summed E-state index contributed by atoms with van der Waals surface area (Å²) >= 11 is 6.02. The highest BCUT2D eigenvalue weighted by Gasteiger charge is 2.24. The van der Waals surface area contributed by atoms with Gasteiger partial charge in [0.2, 0.25) is 0 Å². The van der Waals surface area contributed by atoms with Crippen LogP contribution in [0.3, 0.4) is 0 Å². The Morgan fingerprint density at radius 3 is 2.60 bits per heavy atom. The Bertz CT molecular complexity index is 723. The van der Waals surface area contributed by atoms with Crippen LogP contribution >= 0.6 is 11.6 Å². The lowest BCUT2D eigenvalue weighted by atomic mass is 10.0. The lowest BCUT2D eigenvalue weighted by Gasteiger charge is -2.35. The third kappa shape index (κ3) is 4.39. The van der Waals surface area contributed by atoms with Crippen molar-refractivity contribution in [3.05, 3.63) is 52.3 Å². The SMILES string of the molecule is Cc1cc(C(=O)NCC(c2ccc(Cl)cc2)N2CCOCC2)n(C)n1. The fourth-order valence-electron chi connectivity index (χ4n) is 3.13. The number of nitrogens with one attached hydrogen (secondary N) is 1. The molecule has 134 valence electrons. The van der Waals surface area contributed by atoms with Crippen LogP contribution in [0, 0.1) is 6.92 Å². The number of hydrogen-bond acceptors (Lipinski definition) is 4. The van der Waals surface area contributed by atoms with Crippen LogP contribution in [0.5, 0.6) is 0 Å². The van der Waals surface area contributed by atoms with Gasteiger partial charge in [-0.2, -0.15) is 5.10 Å². The molecule has 1 fully saturated rings. The van der Waals surface area contributed by atoms with E-state index < -0.39 is 0 Å². The van der Waals surface area contributed by atoms with Gasteiger partial charge in [-0.3, -0.25) is 14.4 Å². The van der Waals surface area contributed by atoms with Gasteiger partial charge in [0.1, 0.15) is 5.69 Å². The molecule has 1 aliphatic heterocycles. The molecule has 1 amide bonds. The van der Waals surface area contributed by atoms with Crippen LogP contribution in [0.2, 0.25) is 5.02 Å². The van der Waals surface area contributed by atoms with E-state index in [-0.39, 0.29) is 11.9 Å². The van der Waals surface area contributed by atoms with Gasteiger partial charge in [0.05, 0.1) is 24.9 Å². The molecule has 1 N–H and O–H groups in total. The van der Waals surface area contributed by atoms with Crippen molar-refractivity contribution in [1.29, 1.82) is 0 Å². The van der Waals surface area contributed by atoms with Crippen molar-refractivity contribution in [3.8, 4) is 0 Å². The molecular weight excluding hydrogens is 340 g/mol. The fourth-order valence-corrected chi connectivity index (χ4v) is 3.26. The molecule has 1 aromatic heterocycles. The highest BCUT2D eigenvalue weighted by molar-refractivity contribution is 6.30. The Balaban J connectivity index is 1.74. The third-order valence-electron chi connectivity index (χ3n) is 4.43. The van der Waals surface area contributed by atoms with E-state index in [4.69, 9.17) is 16.3 Å². The van der Waals surface area contributed by atoms with Crippen LogP contribution in [-0.4, -0.2) is 53.4 Å². The Morgan fingerprint density at radius 2 is 2.00 bits per heavy atom. The van der Waals surface area contributed by atoms with Crippen molar-refractivity contribution in [2.45, 2.75) is 13.0 Å². The standard InChI is InChI=1S/C18H23ClN4O2/c1-13-11-16(22(2)21-13)18(24)20-12-17(23-7-9-25-10-8-23)14-3-5-15(19)6-4-14/h3-6,11,17H,7-10,12H2,1-2H3,(H,20,24). The number of hydrogen-bond donors (Lipinski definition) is 1. The number of nitrogens with zero attached hydrogens (tertiary/aromatic N) is 3. The number of halogens is 1. The van der Waals surface area contributed by atoms with Gasteiger partial charge in [0.15, 0.2) is 0 Å². The van der Waals surface area contributed by atoms with Gasteiger partial charge in [-0.05, 0) is 30.7 Å². The molecule has 0 aliphatic carbocycles. The average molecular weight is 363 g/mol. The summed E-state index contributed by atoms with van der Waals surface area (Å²) in [6.07, 6.45) is 0. The molecule has 0 bridgehead atoms. The largest absolute Gasteiger partial charge is 0.379 e. The average Bonchev–Trinajstić information content (AvgIpc) is 2.96. The van der Waals surface area contributed by atoms with Crippen LogP contribution in [0.1, 0.15) is 27.8 Å². The minimum absolute atomic E-state index is 0.0828. The van der Waals surface area contributed by atoms with Gasteiger partial charge in [-0.1, -0.05) is 23.7 Å². The van der Waals surface area contributed by atoms with Crippen molar-refractivity contribution in [3.63, 3.8) is 0 Å². The topological polar surface area (TPSA) is 59.4 Å². The number of aromatic nitrogens is 2. The summed E-state index contributed by atoms with van der Waals surface area (Å²) in [6.45, 7) is 5.49. The molecule has 7 heteroatoms. The molecule has 0 saturated carbocycles. The number of rotatable bonds is 5. The van der Waals surface area contributed by atoms with Crippen LogP contribution in [-0.2, 0) is 11.8 Å². The highest BCUT2D eigenvalue weighted by atomic mass is 35.5. The van der Waals surface area contributed by atoms with Gasteiger partial charge in [0, 0.05) is 31.7 Å². The quantitative estimate of drug-likeness (QED) is 0.885. The first-order valence-corrected chi connectivity index (χ1v) is 8.78. The van der Waals surface area contributed by atoms with E-state index in [0.717, 1.165) is 24.3 Å². The predicted octanol–water partition coefficient (Wildman–Crippen LogP) is 2.19. The smallest absolute Gasteiger partial charge is 0.269 e. The molecule has 1 aromatic carbocycles. The van der Waals surface area contributed by atoms with Crippen molar-refractivity contribution in [2.24, 2.45) is 7.05 Å². The number of benzene rings is 1. The Kier molecular flexibility index (Phi) is 5.73. The second-order valence-electron chi connectivity index (χ2n) is 6.22. The van der Waals surface area contributed by atoms with E-state index in [0.29, 0.717) is 30.5 Å². The number of amides is 1. The number of ether oxygens (including phenoxy) is 1. The molecule has 2 heterocycles. The van der Waals surface area contributed by atoms with Gasteiger partial charge in [-0.15, -0.1) is 0 Å². The maximum Gasteiger partial charge on any atom is 0.269 e. The highest BCUT2D eigenvalue weighted by Crippen LogP contribution is 2.23. The summed E-state index contributed by atoms with van der Waals surface area (Å²) in [5.74, 6) is -0.115. The maximum atomic E-state index is 12.5. The van der Waals surface area contributed by atoms with E-state index in [1.165, 1.54) is 0 Å². The molecule has 25 heavy (non-hydrogen) atoms. The predicted molar refractivity (Wildman–Crippen MR) is 96.9 cm³/mol. The zero-order valence-electron chi connectivity index (χ0n) is 14.5. The van der Waals surface area contributed by atoms with Gasteiger partial charge >= 0.3 is 0 Å². The van der Waals surface area contributed by atoms with Crippen molar-refractivity contribution >= 4 is 17.5 Å². The molecule has 1 atom stereocenters. The minimum Gasteiger partial charge on any atom is -0.379 e. The van der Waals surface area contributed by atoms with Crippen LogP contribution in [0.4, 0.5) is 0 Å². The molecule has 2 aromatic rings. The molecule has 1 unspecified atom stereocenters. The summed E-state index contributed by atoms with van der Waals surface area (Å²) in [5.41, 5.74) is 2.53. The van der Waals surface area contributed by atoms with Crippen molar-refractivity contribution in [1.82, 2.24) is 20.0 Å². The van der Waals surface area contributed by atoms with Gasteiger partial charge < -0.3 is 10.1 Å². The van der Waals surface area contributed by atoms with E-state index in [1.807, 2.05) is 31.2 Å². The molecular formula is C18H23ClN4O2. The number of aryl methyl sites for hydroxylation is 2. The number of carbonyl (C=O) groups excluding carboxylic acids is 1. The maximum absolute atomic E-state index is 12.5. The first-order chi connectivity index (χ1) is 12.0. The monoisotopic (exact) mass is 362 g/mol. The Morgan fingerprint density at radius 1 is 1.32 bits per heavy atom. The van der Waals surface area contributed by atoms with E-state index >= 15 is 0 Å². The summed E-state index contributed by atoms with van der Waals surface area (Å²) in [6, 6.07) is 9.68. The summed E-state index contributed by atoms with van der Waals surface area (Å²) in [7, 11) is 1.78. The molecule has 1 saturated heterocycles. The van der Waals surface area contributed by atoms with Crippen molar-refractivity contribution in [2.75, 3.05) is 32.8 Å². The van der Waals surface area contributed by atoms with Crippen LogP contribution in [0.15, 0.2) is 30.3 Å². The third-order valence-corrected chi connectivity index (χ3v) is 4.68. The lowest BCUT2D eigenvalue weighted by molar-refractivity contribution is 0.0162. The number of morpholine rings is 1. The zero-order valence-corrected chi connectivity index (χ0v) is 15.3. The second-order valence-corrected chi connectivity index (χ2v) is 6.66. The normalized spacial score (nSPS) is 16.6.